The molecule has 0 spiro atoms. The van der Waals surface area contributed by atoms with Gasteiger partial charge in [-0.3, -0.25) is 0 Å². The van der Waals surface area contributed by atoms with Gasteiger partial charge < -0.3 is 9.29 Å². The molecule has 0 amide bonds. The summed E-state index contributed by atoms with van der Waals surface area (Å²) in [5.74, 6) is 0.0131. The van der Waals surface area contributed by atoms with Crippen LogP contribution in [0.25, 0.3) is 21.9 Å². The maximum atomic E-state index is 12.6. The van der Waals surface area contributed by atoms with Crippen LogP contribution in [0.1, 0.15) is 16.7 Å². The van der Waals surface area contributed by atoms with E-state index < -0.39 is 10.1 Å². The SMILES string of the molecule is Cc1ccc(S(=O)(=O)Oc2ccc(N=Nc3ccc(-c4ccc(N=Nc5c(O)ccc6cc(SOOO)cc(SOOO)c56)c(C)c4)cc3C)cc2)cc1. The Morgan fingerprint density at radius 1 is 0.630 bits per heavy atom. The van der Waals surface area contributed by atoms with Crippen molar-refractivity contribution >= 4 is 67.7 Å². The van der Waals surface area contributed by atoms with Crippen molar-refractivity contribution in [3.63, 3.8) is 0 Å². The van der Waals surface area contributed by atoms with E-state index >= 15 is 0 Å². The van der Waals surface area contributed by atoms with Gasteiger partial charge in [-0.25, -0.2) is 10.5 Å². The summed E-state index contributed by atoms with van der Waals surface area (Å²) in [6.07, 6.45) is 0. The second-order valence-electron chi connectivity index (χ2n) is 11.7. The Kier molecular flexibility index (Phi) is 12.3. The summed E-state index contributed by atoms with van der Waals surface area (Å²) in [4.78, 5) is 0.954. The maximum Gasteiger partial charge on any atom is 0.339 e. The number of aromatic hydroxyl groups is 1. The van der Waals surface area contributed by atoms with Gasteiger partial charge in [-0.1, -0.05) is 46.0 Å². The molecule has 0 aliphatic carbocycles. The van der Waals surface area contributed by atoms with Crippen molar-refractivity contribution in [3.8, 4) is 22.6 Å². The molecule has 0 aromatic heterocycles. The number of fused-ring (bicyclic) bond motifs is 1. The van der Waals surface area contributed by atoms with Crippen LogP contribution >= 0.6 is 24.1 Å². The number of phenolic OH excluding ortho intramolecular Hbond substituents is 1. The molecule has 6 aromatic rings. The van der Waals surface area contributed by atoms with E-state index in [0.717, 1.165) is 39.9 Å². The minimum atomic E-state index is -3.97. The first-order valence-corrected chi connectivity index (χ1v) is 18.7. The van der Waals surface area contributed by atoms with Gasteiger partial charge in [-0.15, -0.1) is 13.8 Å². The lowest BCUT2D eigenvalue weighted by Gasteiger charge is -2.11. The summed E-state index contributed by atoms with van der Waals surface area (Å²) >= 11 is 1.38. The number of aryl methyl sites for hydroxylation is 3. The highest BCUT2D eigenvalue weighted by molar-refractivity contribution is 7.95. The Bertz CT molecular complexity index is 2460. The molecule has 0 heterocycles. The molecule has 0 fully saturated rings. The Morgan fingerprint density at radius 3 is 1.85 bits per heavy atom. The van der Waals surface area contributed by atoms with E-state index in [-0.39, 0.29) is 22.1 Å². The van der Waals surface area contributed by atoms with Crippen LogP contribution in [0.3, 0.4) is 0 Å². The summed E-state index contributed by atoms with van der Waals surface area (Å²) < 4.78 is 39.7. The molecule has 14 nitrogen and oxygen atoms in total. The average Bonchev–Trinajstić information content (AvgIpc) is 3.16. The van der Waals surface area contributed by atoms with Gasteiger partial charge in [0.2, 0.25) is 0 Å². The smallest absolute Gasteiger partial charge is 0.339 e. The van der Waals surface area contributed by atoms with Gasteiger partial charge in [0.15, 0.2) is 0 Å². The third-order valence-electron chi connectivity index (χ3n) is 7.93. The number of azo groups is 2. The minimum absolute atomic E-state index is 0.0704. The molecule has 6 aromatic carbocycles. The summed E-state index contributed by atoms with van der Waals surface area (Å²) in [5.41, 5.74) is 6.41. The van der Waals surface area contributed by atoms with Gasteiger partial charge in [0, 0.05) is 10.3 Å². The van der Waals surface area contributed by atoms with Crippen molar-refractivity contribution in [2.45, 2.75) is 35.5 Å². The van der Waals surface area contributed by atoms with E-state index in [9.17, 15) is 13.5 Å². The molecule has 0 atom stereocenters. The zero-order valence-corrected chi connectivity index (χ0v) is 31.1. The number of benzene rings is 6. The second-order valence-corrected chi connectivity index (χ2v) is 14.7. The summed E-state index contributed by atoms with van der Waals surface area (Å²) in [5, 5.41) is 54.0. The van der Waals surface area contributed by atoms with Crippen LogP contribution in [0.5, 0.6) is 11.5 Å². The number of hydrogen-bond donors (Lipinski definition) is 3. The van der Waals surface area contributed by atoms with Crippen LogP contribution in [-0.4, -0.2) is 24.0 Å². The molecule has 0 bridgehead atoms. The lowest BCUT2D eigenvalue weighted by atomic mass is 10.0. The fourth-order valence-electron chi connectivity index (χ4n) is 5.25. The number of rotatable bonds is 14. The predicted octanol–water partition coefficient (Wildman–Crippen LogP) is 11.6. The fraction of sp³-hybridized carbons (Fsp3) is 0.0811. The molecule has 17 heteroatoms. The zero-order valence-electron chi connectivity index (χ0n) is 28.6. The lowest BCUT2D eigenvalue weighted by Crippen LogP contribution is -2.09. The third-order valence-corrected chi connectivity index (χ3v) is 10.4. The summed E-state index contributed by atoms with van der Waals surface area (Å²) in [6.45, 7) is 5.69. The van der Waals surface area contributed by atoms with E-state index in [1.54, 1.807) is 42.5 Å². The predicted molar refractivity (Wildman–Crippen MR) is 202 cm³/mol. The largest absolute Gasteiger partial charge is 0.506 e. The van der Waals surface area contributed by atoms with E-state index in [1.807, 2.05) is 57.2 Å². The average molecular weight is 787 g/mol. The van der Waals surface area contributed by atoms with Crippen molar-refractivity contribution in [1.29, 1.82) is 0 Å². The highest BCUT2D eigenvalue weighted by Gasteiger charge is 2.17. The molecule has 0 saturated carbocycles. The minimum Gasteiger partial charge on any atom is -0.506 e. The topological polar surface area (TPSA) is 190 Å². The first-order valence-electron chi connectivity index (χ1n) is 15.8. The summed E-state index contributed by atoms with van der Waals surface area (Å²) in [6, 6.07) is 30.6. The second kappa shape index (κ2) is 17.3. The standard InChI is InChI=1S/C37H30N4O10S3/c1-22-4-13-31(14-5-22)54(45,46)47-29-11-9-28(10-12-29)38-39-32-15-6-25(18-23(32)2)26-7-16-33(24(3)19-26)40-41-37-34(42)17-8-27-20-30(52-50-48-43)21-35(36(27)37)53-51-49-44/h4-21,42-44H,1-3H3. The van der Waals surface area contributed by atoms with Crippen LogP contribution in [0, 0.1) is 20.8 Å². The van der Waals surface area contributed by atoms with Crippen LogP contribution in [0.15, 0.2) is 144 Å². The molecule has 0 saturated heterocycles. The summed E-state index contributed by atoms with van der Waals surface area (Å²) in [7, 11) is -3.97. The number of nitrogens with zero attached hydrogens (tertiary/aromatic N) is 4. The molecule has 276 valence electrons. The van der Waals surface area contributed by atoms with Crippen molar-refractivity contribution in [1.82, 2.24) is 0 Å². The Hall–Kier alpha value is -5.21. The van der Waals surface area contributed by atoms with Gasteiger partial charge >= 0.3 is 10.1 Å². The van der Waals surface area contributed by atoms with E-state index in [0.29, 0.717) is 49.7 Å². The van der Waals surface area contributed by atoms with E-state index in [2.05, 4.69) is 39.2 Å². The molecule has 6 rings (SSSR count). The van der Waals surface area contributed by atoms with Gasteiger partial charge in [-0.2, -0.15) is 23.8 Å². The van der Waals surface area contributed by atoms with Crippen molar-refractivity contribution in [2.24, 2.45) is 20.5 Å². The quantitative estimate of drug-likeness (QED) is 0.0312. The van der Waals surface area contributed by atoms with Crippen LogP contribution in [0.2, 0.25) is 0 Å². The molecule has 0 radical (unpaired) electrons. The van der Waals surface area contributed by atoms with Crippen LogP contribution in [-0.2, 0) is 28.9 Å². The Morgan fingerprint density at radius 2 is 1.24 bits per heavy atom. The molecule has 0 unspecified atom stereocenters. The zero-order chi connectivity index (χ0) is 38.2. The third kappa shape index (κ3) is 9.29. The van der Waals surface area contributed by atoms with Crippen LogP contribution in [0.4, 0.5) is 22.7 Å². The Labute approximate surface area is 317 Å². The molecule has 3 N–H and O–H groups in total. The van der Waals surface area contributed by atoms with Gasteiger partial charge in [0.05, 0.1) is 46.0 Å². The van der Waals surface area contributed by atoms with Crippen LogP contribution < -0.4 is 4.18 Å². The van der Waals surface area contributed by atoms with Gasteiger partial charge in [-0.05, 0) is 127 Å². The number of hydrogen-bond acceptors (Lipinski definition) is 16. The van der Waals surface area contributed by atoms with Crippen molar-refractivity contribution in [2.75, 3.05) is 0 Å². The monoisotopic (exact) mass is 786 g/mol. The van der Waals surface area contributed by atoms with Gasteiger partial charge in [0.25, 0.3) is 0 Å². The number of phenols is 1. The van der Waals surface area contributed by atoms with E-state index in [4.69, 9.17) is 14.7 Å². The van der Waals surface area contributed by atoms with E-state index in [1.165, 1.54) is 30.3 Å². The molecule has 0 aliphatic rings. The molecule has 0 aliphatic heterocycles. The van der Waals surface area contributed by atoms with Crippen molar-refractivity contribution < 1.29 is 47.0 Å². The molecular formula is C37H30N4O10S3. The van der Waals surface area contributed by atoms with Crippen molar-refractivity contribution in [3.05, 3.63) is 126 Å². The fourth-order valence-corrected chi connectivity index (χ4v) is 7.28. The lowest BCUT2D eigenvalue weighted by molar-refractivity contribution is -0.432. The highest BCUT2D eigenvalue weighted by Crippen LogP contribution is 2.44. The molecular weight excluding hydrogens is 757 g/mol. The maximum absolute atomic E-state index is 12.6. The first kappa shape index (κ1) is 38.5. The molecule has 54 heavy (non-hydrogen) atoms. The highest BCUT2D eigenvalue weighted by atomic mass is 32.2. The first-order chi connectivity index (χ1) is 26.0. The Balaban J connectivity index is 1.17. The van der Waals surface area contributed by atoms with Gasteiger partial charge in [0.1, 0.15) is 22.1 Å². The normalized spacial score (nSPS) is 11.9.